The number of hydrogen-bond donors (Lipinski definition) is 1. The van der Waals surface area contributed by atoms with Crippen LogP contribution in [0, 0.1) is 12.7 Å². The Bertz CT molecular complexity index is 905. The molecule has 0 unspecified atom stereocenters. The van der Waals surface area contributed by atoms with Crippen LogP contribution < -0.4 is 4.74 Å². The number of rotatable bonds is 5. The third-order valence-corrected chi connectivity index (χ3v) is 5.78. The van der Waals surface area contributed by atoms with Gasteiger partial charge in [-0.3, -0.25) is 0 Å². The molecule has 0 bridgehead atoms. The Morgan fingerprint density at radius 2 is 1.84 bits per heavy atom. The zero-order valence-electron chi connectivity index (χ0n) is 13.3. The number of halogens is 1. The second-order valence-corrected chi connectivity index (χ2v) is 7.73. The number of aryl methyl sites for hydroxylation is 1. The summed E-state index contributed by atoms with van der Waals surface area (Å²) in [5.74, 6) is -1.67. The average Bonchev–Trinajstić information content (AvgIpc) is 2.52. The summed E-state index contributed by atoms with van der Waals surface area (Å²) in [6, 6.07) is 10.1. The second kappa shape index (κ2) is 6.45. The molecule has 1 N–H and O–H groups in total. The first-order valence-electron chi connectivity index (χ1n) is 7.53. The molecule has 0 atom stereocenters. The summed E-state index contributed by atoms with van der Waals surface area (Å²) in [7, 11) is -4.11. The average molecular weight is 365 g/mol. The molecule has 0 aliphatic carbocycles. The largest absolute Gasteiger partial charge is 0.488 e. The number of ether oxygens (including phenoxy) is 1. The van der Waals surface area contributed by atoms with E-state index >= 15 is 0 Å². The highest BCUT2D eigenvalue weighted by molar-refractivity contribution is 7.89. The molecule has 0 spiro atoms. The van der Waals surface area contributed by atoms with Gasteiger partial charge in [0.25, 0.3) is 0 Å². The van der Waals surface area contributed by atoms with Gasteiger partial charge in [0.2, 0.25) is 10.0 Å². The summed E-state index contributed by atoms with van der Waals surface area (Å²) in [6.07, 6.45) is -0.330. The third kappa shape index (κ3) is 3.49. The summed E-state index contributed by atoms with van der Waals surface area (Å²) in [6.45, 7) is 2.10. The first-order chi connectivity index (χ1) is 11.8. The molecule has 8 heteroatoms. The zero-order valence-corrected chi connectivity index (χ0v) is 14.2. The molecule has 132 valence electrons. The lowest BCUT2D eigenvalue weighted by molar-refractivity contribution is 0.0695. The van der Waals surface area contributed by atoms with Gasteiger partial charge in [0.15, 0.2) is 0 Å². The van der Waals surface area contributed by atoms with Crippen LogP contribution in [0.15, 0.2) is 47.4 Å². The van der Waals surface area contributed by atoms with Crippen LogP contribution in [0.1, 0.15) is 15.9 Å². The van der Waals surface area contributed by atoms with E-state index in [1.165, 1.54) is 0 Å². The minimum atomic E-state index is -4.11. The SMILES string of the molecule is Cc1ccc(OC2CN(S(=O)(=O)c3cc(C(=O)O)ccc3F)C2)cc1. The smallest absolute Gasteiger partial charge is 0.335 e. The summed E-state index contributed by atoms with van der Waals surface area (Å²) in [4.78, 5) is 10.3. The predicted octanol–water partition coefficient (Wildman–Crippen LogP) is 2.28. The van der Waals surface area contributed by atoms with Gasteiger partial charge in [0.05, 0.1) is 18.7 Å². The Hall–Kier alpha value is -2.45. The van der Waals surface area contributed by atoms with Crippen molar-refractivity contribution in [3.8, 4) is 5.75 Å². The zero-order chi connectivity index (χ0) is 18.2. The Balaban J connectivity index is 1.72. The number of sulfonamides is 1. The topological polar surface area (TPSA) is 83.9 Å². The van der Waals surface area contributed by atoms with Gasteiger partial charge in [0.1, 0.15) is 22.6 Å². The summed E-state index contributed by atoms with van der Waals surface area (Å²) in [5.41, 5.74) is 0.798. The van der Waals surface area contributed by atoms with Crippen LogP contribution in [0.5, 0.6) is 5.75 Å². The molecule has 6 nitrogen and oxygen atoms in total. The number of nitrogens with zero attached hydrogens (tertiary/aromatic N) is 1. The highest BCUT2D eigenvalue weighted by Gasteiger charge is 2.39. The molecule has 0 aromatic heterocycles. The number of carbonyl (C=O) groups is 1. The Morgan fingerprint density at radius 3 is 2.44 bits per heavy atom. The second-order valence-electron chi connectivity index (χ2n) is 5.83. The van der Waals surface area contributed by atoms with E-state index in [0.717, 1.165) is 28.1 Å². The van der Waals surface area contributed by atoms with Crippen LogP contribution in [0.25, 0.3) is 0 Å². The molecule has 25 heavy (non-hydrogen) atoms. The summed E-state index contributed by atoms with van der Waals surface area (Å²) < 4.78 is 45.6. The van der Waals surface area contributed by atoms with Gasteiger partial charge >= 0.3 is 5.97 Å². The summed E-state index contributed by atoms with van der Waals surface area (Å²) >= 11 is 0. The number of hydrogen-bond acceptors (Lipinski definition) is 4. The molecule has 1 saturated heterocycles. The number of carboxylic acid groups (broad SMARTS) is 1. The highest BCUT2D eigenvalue weighted by Crippen LogP contribution is 2.27. The lowest BCUT2D eigenvalue weighted by atomic mass is 10.2. The minimum absolute atomic E-state index is 0.0763. The molecule has 1 aliphatic rings. The van der Waals surface area contributed by atoms with Crippen molar-refractivity contribution in [2.24, 2.45) is 0 Å². The van der Waals surface area contributed by atoms with Crippen LogP contribution in [0.3, 0.4) is 0 Å². The monoisotopic (exact) mass is 365 g/mol. The van der Waals surface area contributed by atoms with E-state index in [2.05, 4.69) is 0 Å². The van der Waals surface area contributed by atoms with Crippen molar-refractivity contribution >= 4 is 16.0 Å². The van der Waals surface area contributed by atoms with Crippen molar-refractivity contribution in [2.45, 2.75) is 17.9 Å². The van der Waals surface area contributed by atoms with Crippen LogP contribution >= 0.6 is 0 Å². The number of benzene rings is 2. The highest BCUT2D eigenvalue weighted by atomic mass is 32.2. The van der Waals surface area contributed by atoms with Gasteiger partial charge in [-0.1, -0.05) is 17.7 Å². The fourth-order valence-corrected chi connectivity index (χ4v) is 4.05. The van der Waals surface area contributed by atoms with E-state index in [4.69, 9.17) is 9.84 Å². The Kier molecular flexibility index (Phi) is 4.49. The van der Waals surface area contributed by atoms with E-state index < -0.39 is 26.7 Å². The van der Waals surface area contributed by atoms with Crippen molar-refractivity contribution in [3.05, 3.63) is 59.4 Å². The summed E-state index contributed by atoms with van der Waals surface area (Å²) in [5, 5.41) is 8.95. The Morgan fingerprint density at radius 1 is 1.20 bits per heavy atom. The van der Waals surface area contributed by atoms with Crippen LogP contribution in [-0.2, 0) is 10.0 Å². The van der Waals surface area contributed by atoms with Crippen LogP contribution in [-0.4, -0.2) is 43.0 Å². The minimum Gasteiger partial charge on any atom is -0.488 e. The van der Waals surface area contributed by atoms with Crippen molar-refractivity contribution in [1.82, 2.24) is 4.31 Å². The molecule has 0 amide bonds. The maximum absolute atomic E-state index is 13.9. The third-order valence-electron chi connectivity index (χ3n) is 3.93. The fourth-order valence-electron chi connectivity index (χ4n) is 2.45. The van der Waals surface area contributed by atoms with Gasteiger partial charge in [0, 0.05) is 0 Å². The van der Waals surface area contributed by atoms with E-state index in [-0.39, 0.29) is 24.8 Å². The van der Waals surface area contributed by atoms with E-state index in [0.29, 0.717) is 5.75 Å². The van der Waals surface area contributed by atoms with Crippen molar-refractivity contribution < 1.29 is 27.4 Å². The normalized spacial score (nSPS) is 15.6. The van der Waals surface area contributed by atoms with Crippen molar-refractivity contribution in [2.75, 3.05) is 13.1 Å². The van der Waals surface area contributed by atoms with Gasteiger partial charge in [-0.25, -0.2) is 17.6 Å². The molecule has 2 aromatic rings. The van der Waals surface area contributed by atoms with Gasteiger partial charge < -0.3 is 9.84 Å². The lowest BCUT2D eigenvalue weighted by Gasteiger charge is -2.37. The number of carboxylic acids is 1. The maximum Gasteiger partial charge on any atom is 0.335 e. The van der Waals surface area contributed by atoms with Crippen molar-refractivity contribution in [1.29, 1.82) is 0 Å². The maximum atomic E-state index is 13.9. The van der Waals surface area contributed by atoms with Gasteiger partial charge in [-0.05, 0) is 37.3 Å². The first kappa shape index (κ1) is 17.4. The standard InChI is InChI=1S/C17H16FNO5S/c1-11-2-5-13(6-3-11)24-14-9-19(10-14)25(22,23)16-8-12(17(20)21)4-7-15(16)18/h2-8,14H,9-10H2,1H3,(H,20,21). The molecule has 2 aromatic carbocycles. The number of aromatic carboxylic acids is 1. The van der Waals surface area contributed by atoms with Gasteiger partial charge in [-0.15, -0.1) is 0 Å². The molecule has 3 rings (SSSR count). The van der Waals surface area contributed by atoms with E-state index in [9.17, 15) is 17.6 Å². The lowest BCUT2D eigenvalue weighted by Crippen LogP contribution is -2.56. The van der Waals surface area contributed by atoms with Crippen LogP contribution in [0.2, 0.25) is 0 Å². The molecule has 0 radical (unpaired) electrons. The molecule has 1 heterocycles. The van der Waals surface area contributed by atoms with Gasteiger partial charge in [-0.2, -0.15) is 4.31 Å². The molecule has 1 aliphatic heterocycles. The Labute approximate surface area is 144 Å². The predicted molar refractivity (Wildman–Crippen MR) is 87.7 cm³/mol. The van der Waals surface area contributed by atoms with Crippen molar-refractivity contribution in [3.63, 3.8) is 0 Å². The first-order valence-corrected chi connectivity index (χ1v) is 8.97. The molecule has 0 saturated carbocycles. The molecule has 1 fully saturated rings. The van der Waals surface area contributed by atoms with E-state index in [1.54, 1.807) is 12.1 Å². The molecular weight excluding hydrogens is 349 g/mol. The van der Waals surface area contributed by atoms with Crippen LogP contribution in [0.4, 0.5) is 4.39 Å². The molecular formula is C17H16FNO5S. The quantitative estimate of drug-likeness (QED) is 0.879. The fraction of sp³-hybridized carbons (Fsp3) is 0.235. The van der Waals surface area contributed by atoms with E-state index in [1.807, 2.05) is 19.1 Å².